The van der Waals surface area contributed by atoms with Gasteiger partial charge < -0.3 is 15.0 Å². The van der Waals surface area contributed by atoms with Crippen molar-refractivity contribution in [3.05, 3.63) is 60.2 Å². The van der Waals surface area contributed by atoms with Crippen LogP contribution in [0.2, 0.25) is 0 Å². The van der Waals surface area contributed by atoms with Crippen LogP contribution in [0.15, 0.2) is 54.6 Å². The van der Waals surface area contributed by atoms with Gasteiger partial charge in [-0.25, -0.2) is 0 Å². The molecule has 140 valence electrons. The number of carbonyl (C=O) groups excluding carboxylic acids is 2. The van der Waals surface area contributed by atoms with Gasteiger partial charge in [0.15, 0.2) is 0 Å². The minimum absolute atomic E-state index is 0.0516. The van der Waals surface area contributed by atoms with Crippen LogP contribution >= 0.6 is 11.8 Å². The molecule has 2 amide bonds. The van der Waals surface area contributed by atoms with E-state index in [0.717, 1.165) is 17.7 Å². The molecule has 0 aromatic heterocycles. The van der Waals surface area contributed by atoms with Crippen molar-refractivity contribution >= 4 is 29.3 Å². The highest BCUT2D eigenvalue weighted by molar-refractivity contribution is 8.00. The Morgan fingerprint density at radius 2 is 1.96 bits per heavy atom. The quantitative estimate of drug-likeness (QED) is 0.858. The second-order valence-electron chi connectivity index (χ2n) is 6.69. The van der Waals surface area contributed by atoms with Gasteiger partial charge in [-0.05, 0) is 43.2 Å². The summed E-state index contributed by atoms with van der Waals surface area (Å²) in [6, 6.07) is 16.9. The lowest BCUT2D eigenvalue weighted by molar-refractivity contribution is -0.136. The molecule has 2 fully saturated rings. The molecule has 2 aliphatic rings. The largest absolute Gasteiger partial charge is 0.494 e. The highest BCUT2D eigenvalue weighted by Gasteiger charge is 2.56. The molecule has 0 unspecified atom stereocenters. The van der Waals surface area contributed by atoms with Crippen LogP contribution in [0.3, 0.4) is 0 Å². The molecule has 0 aliphatic carbocycles. The van der Waals surface area contributed by atoms with E-state index in [9.17, 15) is 9.59 Å². The summed E-state index contributed by atoms with van der Waals surface area (Å²) >= 11 is 1.70. The standard InChI is InChI=1S/C21H22N2O3S/c1-2-26-17-10-8-16(9-11-17)22-20(25)18-14-27-21(13-12-19(24)23(18)21)15-6-4-3-5-7-15/h3-11,18H,2,12-14H2,1H3,(H,22,25)/t18-,21-/m1/s1. The van der Waals surface area contributed by atoms with Crippen molar-refractivity contribution < 1.29 is 14.3 Å². The summed E-state index contributed by atoms with van der Waals surface area (Å²) in [5, 5.41) is 2.95. The van der Waals surface area contributed by atoms with Crippen molar-refractivity contribution in [1.29, 1.82) is 0 Å². The molecule has 27 heavy (non-hydrogen) atoms. The fourth-order valence-corrected chi connectivity index (χ4v) is 5.51. The van der Waals surface area contributed by atoms with Crippen LogP contribution in [0.25, 0.3) is 0 Å². The predicted molar refractivity (Wildman–Crippen MR) is 107 cm³/mol. The first kappa shape index (κ1) is 17.9. The van der Waals surface area contributed by atoms with Crippen LogP contribution in [-0.2, 0) is 14.5 Å². The fraction of sp³-hybridized carbons (Fsp3) is 0.333. The van der Waals surface area contributed by atoms with E-state index in [1.54, 1.807) is 16.7 Å². The van der Waals surface area contributed by atoms with Gasteiger partial charge in [-0.15, -0.1) is 11.8 Å². The van der Waals surface area contributed by atoms with Crippen LogP contribution in [0.1, 0.15) is 25.3 Å². The number of nitrogens with one attached hydrogen (secondary N) is 1. The lowest BCUT2D eigenvalue weighted by atomic mass is 10.0. The van der Waals surface area contributed by atoms with Crippen molar-refractivity contribution in [3.8, 4) is 5.75 Å². The van der Waals surface area contributed by atoms with Gasteiger partial charge in [0.2, 0.25) is 11.8 Å². The number of amides is 2. The third kappa shape index (κ3) is 3.18. The van der Waals surface area contributed by atoms with Crippen molar-refractivity contribution in [2.24, 2.45) is 0 Å². The van der Waals surface area contributed by atoms with Crippen LogP contribution in [-0.4, -0.2) is 35.1 Å². The van der Waals surface area contributed by atoms with E-state index in [1.165, 1.54) is 0 Å². The van der Waals surface area contributed by atoms with Crippen molar-refractivity contribution in [2.75, 3.05) is 17.7 Å². The molecule has 0 spiro atoms. The SMILES string of the molecule is CCOc1ccc(NC(=O)[C@H]2CS[C@@]3(c4ccccc4)CCC(=O)N23)cc1. The van der Waals surface area contributed by atoms with Crippen LogP contribution < -0.4 is 10.1 Å². The first-order valence-electron chi connectivity index (χ1n) is 9.19. The van der Waals surface area contributed by atoms with Gasteiger partial charge in [-0.1, -0.05) is 30.3 Å². The molecule has 6 heteroatoms. The molecular weight excluding hydrogens is 360 g/mol. The summed E-state index contributed by atoms with van der Waals surface area (Å²) < 4.78 is 5.43. The number of nitrogens with zero attached hydrogens (tertiary/aromatic N) is 1. The smallest absolute Gasteiger partial charge is 0.248 e. The lowest BCUT2D eigenvalue weighted by Crippen LogP contribution is -2.48. The third-order valence-corrected chi connectivity index (χ3v) is 6.68. The summed E-state index contributed by atoms with van der Waals surface area (Å²) in [7, 11) is 0. The number of hydrogen-bond acceptors (Lipinski definition) is 4. The summed E-state index contributed by atoms with van der Waals surface area (Å²) in [4.78, 5) is 27.0. The maximum atomic E-state index is 12.9. The zero-order valence-corrected chi connectivity index (χ0v) is 16.0. The third-order valence-electron chi connectivity index (χ3n) is 5.09. The van der Waals surface area contributed by atoms with E-state index in [4.69, 9.17) is 4.74 Å². The van der Waals surface area contributed by atoms with Gasteiger partial charge in [0.1, 0.15) is 16.7 Å². The monoisotopic (exact) mass is 382 g/mol. The van der Waals surface area contributed by atoms with Crippen LogP contribution in [0, 0.1) is 0 Å². The minimum atomic E-state index is -0.461. The van der Waals surface area contributed by atoms with Crippen LogP contribution in [0.4, 0.5) is 5.69 Å². The fourth-order valence-electron chi connectivity index (χ4n) is 3.86. The average Bonchev–Trinajstić information content (AvgIpc) is 3.24. The van der Waals surface area contributed by atoms with Gasteiger partial charge in [0.05, 0.1) is 6.61 Å². The average molecular weight is 382 g/mol. The van der Waals surface area contributed by atoms with E-state index >= 15 is 0 Å². The van der Waals surface area contributed by atoms with Crippen molar-refractivity contribution in [1.82, 2.24) is 4.90 Å². The van der Waals surface area contributed by atoms with E-state index < -0.39 is 10.9 Å². The lowest BCUT2D eigenvalue weighted by Gasteiger charge is -2.34. The van der Waals surface area contributed by atoms with Gasteiger partial charge in [-0.3, -0.25) is 9.59 Å². The van der Waals surface area contributed by atoms with Gasteiger partial charge in [0, 0.05) is 17.9 Å². The Hall–Kier alpha value is -2.47. The van der Waals surface area contributed by atoms with Crippen molar-refractivity contribution in [2.45, 2.75) is 30.7 Å². The number of carbonyl (C=O) groups is 2. The highest BCUT2D eigenvalue weighted by atomic mass is 32.2. The number of ether oxygens (including phenoxy) is 1. The number of anilines is 1. The molecule has 0 bridgehead atoms. The molecule has 2 aromatic rings. The molecule has 1 N–H and O–H groups in total. The topological polar surface area (TPSA) is 58.6 Å². The molecule has 2 aliphatic heterocycles. The number of fused-ring (bicyclic) bond motifs is 1. The Morgan fingerprint density at radius 3 is 2.67 bits per heavy atom. The van der Waals surface area contributed by atoms with E-state index in [0.29, 0.717) is 24.5 Å². The molecule has 0 radical (unpaired) electrons. The molecular formula is C21H22N2O3S. The summed E-state index contributed by atoms with van der Waals surface area (Å²) in [6.45, 7) is 2.53. The summed E-state index contributed by atoms with van der Waals surface area (Å²) in [5.41, 5.74) is 1.80. The zero-order valence-electron chi connectivity index (χ0n) is 15.2. The minimum Gasteiger partial charge on any atom is -0.494 e. The predicted octanol–water partition coefficient (Wildman–Crippen LogP) is 3.61. The first-order chi connectivity index (χ1) is 13.1. The first-order valence-corrected chi connectivity index (χ1v) is 10.2. The highest BCUT2D eigenvalue weighted by Crippen LogP contribution is 2.54. The van der Waals surface area contributed by atoms with E-state index in [-0.39, 0.29) is 11.8 Å². The molecule has 2 atom stereocenters. The van der Waals surface area contributed by atoms with Gasteiger partial charge in [-0.2, -0.15) is 0 Å². The van der Waals surface area contributed by atoms with E-state index in [1.807, 2.05) is 61.5 Å². The zero-order chi connectivity index (χ0) is 18.9. The maximum absolute atomic E-state index is 12.9. The molecule has 5 nitrogen and oxygen atoms in total. The second-order valence-corrected chi connectivity index (χ2v) is 7.98. The number of hydrogen-bond donors (Lipinski definition) is 1. The molecule has 4 rings (SSSR count). The Morgan fingerprint density at radius 1 is 1.22 bits per heavy atom. The Labute approximate surface area is 163 Å². The number of benzene rings is 2. The van der Waals surface area contributed by atoms with E-state index in [2.05, 4.69) is 5.32 Å². The summed E-state index contributed by atoms with van der Waals surface area (Å²) in [6.07, 6.45) is 1.22. The summed E-state index contributed by atoms with van der Waals surface area (Å²) in [5.74, 6) is 1.28. The van der Waals surface area contributed by atoms with Gasteiger partial charge >= 0.3 is 0 Å². The number of rotatable bonds is 5. The Kier molecular flexibility index (Phi) is 4.83. The number of thioether (sulfide) groups is 1. The van der Waals surface area contributed by atoms with Gasteiger partial charge in [0.25, 0.3) is 0 Å². The Bertz CT molecular complexity index is 840. The van der Waals surface area contributed by atoms with Crippen molar-refractivity contribution in [3.63, 3.8) is 0 Å². The maximum Gasteiger partial charge on any atom is 0.248 e. The Balaban J connectivity index is 1.54. The normalized spacial score (nSPS) is 24.0. The molecule has 2 aromatic carbocycles. The molecule has 0 saturated carbocycles. The second kappa shape index (κ2) is 7.27. The molecule has 2 saturated heterocycles. The van der Waals surface area contributed by atoms with Crippen LogP contribution in [0.5, 0.6) is 5.75 Å². The molecule has 2 heterocycles.